The van der Waals surface area contributed by atoms with E-state index in [0.717, 1.165) is 11.1 Å². The van der Waals surface area contributed by atoms with Gasteiger partial charge >= 0.3 is 5.97 Å². The van der Waals surface area contributed by atoms with Gasteiger partial charge in [-0.1, -0.05) is 69.3 Å². The Morgan fingerprint density at radius 1 is 0.932 bits per heavy atom. The van der Waals surface area contributed by atoms with Crippen LogP contribution in [0.1, 0.15) is 57.3 Å². The highest BCUT2D eigenvalue weighted by atomic mass is 16.6. The summed E-state index contributed by atoms with van der Waals surface area (Å²) < 4.78 is 17.3. The van der Waals surface area contributed by atoms with Crippen molar-refractivity contribution in [3.05, 3.63) is 77.9 Å². The highest BCUT2D eigenvalue weighted by molar-refractivity contribution is 5.93. The fraction of sp³-hybridized carbons (Fsp3) is 0.471. The van der Waals surface area contributed by atoms with E-state index >= 15 is 0 Å². The third-order valence-corrected chi connectivity index (χ3v) is 7.87. The van der Waals surface area contributed by atoms with E-state index in [1.54, 1.807) is 25.3 Å². The number of amides is 3. The van der Waals surface area contributed by atoms with Gasteiger partial charge in [0.15, 0.2) is 0 Å². The molecule has 0 bridgehead atoms. The summed E-state index contributed by atoms with van der Waals surface area (Å²) in [5.41, 5.74) is 1.88. The van der Waals surface area contributed by atoms with Gasteiger partial charge in [-0.3, -0.25) is 14.4 Å². The molecule has 1 fully saturated rings. The maximum absolute atomic E-state index is 13.4. The van der Waals surface area contributed by atoms with E-state index < -0.39 is 36.0 Å². The monoisotopic (exact) mass is 605 g/mol. The molecule has 2 aromatic rings. The van der Waals surface area contributed by atoms with Gasteiger partial charge in [0.1, 0.15) is 30.0 Å². The second-order valence-electron chi connectivity index (χ2n) is 11.8. The maximum Gasteiger partial charge on any atom is 0.328 e. The number of epoxide rings is 1. The Morgan fingerprint density at radius 2 is 1.66 bits per heavy atom. The van der Waals surface area contributed by atoms with Crippen LogP contribution in [0.3, 0.4) is 0 Å². The van der Waals surface area contributed by atoms with Crippen LogP contribution in [0.15, 0.2) is 66.7 Å². The van der Waals surface area contributed by atoms with Gasteiger partial charge in [0.05, 0.1) is 13.2 Å². The number of carbonyl (C=O) groups excluding carboxylic acids is 4. The average Bonchev–Trinajstić information content (AvgIpc) is 3.81. The first-order chi connectivity index (χ1) is 21.1. The van der Waals surface area contributed by atoms with Crippen LogP contribution < -0.4 is 20.7 Å². The molecule has 2 aromatic carbocycles. The normalized spacial score (nSPS) is 26.5. The van der Waals surface area contributed by atoms with E-state index in [4.69, 9.17) is 14.2 Å². The Labute approximate surface area is 258 Å². The molecule has 2 heterocycles. The van der Waals surface area contributed by atoms with Crippen molar-refractivity contribution in [2.75, 3.05) is 13.7 Å². The van der Waals surface area contributed by atoms with Crippen LogP contribution in [0.25, 0.3) is 0 Å². The Hall–Kier alpha value is -4.18. The molecular weight excluding hydrogens is 562 g/mol. The second-order valence-corrected chi connectivity index (χ2v) is 11.8. The summed E-state index contributed by atoms with van der Waals surface area (Å²) in [5.74, 6) is -1.18. The molecule has 1 saturated heterocycles. The van der Waals surface area contributed by atoms with E-state index in [9.17, 15) is 19.2 Å². The Kier molecular flexibility index (Phi) is 11.5. The molecule has 44 heavy (non-hydrogen) atoms. The third-order valence-electron chi connectivity index (χ3n) is 7.87. The van der Waals surface area contributed by atoms with Crippen LogP contribution in [0, 0.1) is 11.8 Å². The van der Waals surface area contributed by atoms with Crippen molar-refractivity contribution in [2.45, 2.75) is 76.9 Å². The number of ether oxygens (including phenoxy) is 3. The van der Waals surface area contributed by atoms with E-state index in [-0.39, 0.29) is 55.8 Å². The zero-order valence-electron chi connectivity index (χ0n) is 25.8. The Morgan fingerprint density at radius 3 is 2.34 bits per heavy atom. The van der Waals surface area contributed by atoms with E-state index in [1.165, 1.54) is 6.08 Å². The minimum absolute atomic E-state index is 0.0365. The predicted octanol–water partition coefficient (Wildman–Crippen LogP) is 3.41. The summed E-state index contributed by atoms with van der Waals surface area (Å²) in [6, 6.07) is 15.4. The lowest BCUT2D eigenvalue weighted by molar-refractivity contribution is -0.156. The van der Waals surface area contributed by atoms with Gasteiger partial charge in [-0.15, -0.1) is 0 Å². The lowest BCUT2D eigenvalue weighted by atomic mass is 9.93. The van der Waals surface area contributed by atoms with Gasteiger partial charge in [-0.2, -0.15) is 0 Å². The van der Waals surface area contributed by atoms with Crippen LogP contribution in [-0.4, -0.2) is 61.6 Å². The maximum atomic E-state index is 13.4. The van der Waals surface area contributed by atoms with Crippen molar-refractivity contribution < 1.29 is 33.4 Å². The number of hydrogen-bond donors (Lipinski definition) is 3. The lowest BCUT2D eigenvalue weighted by Crippen LogP contribution is -2.49. The molecule has 0 aromatic heterocycles. The van der Waals surface area contributed by atoms with Gasteiger partial charge in [-0.05, 0) is 41.7 Å². The molecule has 4 rings (SSSR count). The highest BCUT2D eigenvalue weighted by Crippen LogP contribution is 2.45. The summed E-state index contributed by atoms with van der Waals surface area (Å²) in [4.78, 5) is 52.4. The molecule has 1 unspecified atom stereocenters. The first-order valence-corrected chi connectivity index (χ1v) is 15.2. The number of esters is 1. The molecule has 6 atom stereocenters. The lowest BCUT2D eigenvalue weighted by Gasteiger charge is -2.26. The Balaban J connectivity index is 1.54. The van der Waals surface area contributed by atoms with Gasteiger partial charge < -0.3 is 30.2 Å². The van der Waals surface area contributed by atoms with Crippen molar-refractivity contribution in [1.82, 2.24) is 16.0 Å². The minimum Gasteiger partial charge on any atom is -0.497 e. The van der Waals surface area contributed by atoms with Gasteiger partial charge in [0, 0.05) is 31.7 Å². The minimum atomic E-state index is -0.871. The largest absolute Gasteiger partial charge is 0.497 e. The van der Waals surface area contributed by atoms with Crippen LogP contribution in [-0.2, 0) is 35.1 Å². The van der Waals surface area contributed by atoms with E-state index in [0.29, 0.717) is 12.2 Å². The molecule has 3 N–H and O–H groups in total. The molecule has 0 saturated carbocycles. The molecule has 0 aliphatic carbocycles. The average molecular weight is 606 g/mol. The van der Waals surface area contributed by atoms with Crippen molar-refractivity contribution in [3.8, 4) is 5.75 Å². The number of rotatable bonds is 8. The zero-order valence-corrected chi connectivity index (χ0v) is 25.8. The summed E-state index contributed by atoms with van der Waals surface area (Å²) in [6.07, 6.45) is 2.98. The molecule has 2 aliphatic heterocycles. The molecule has 2 aliphatic rings. The Bertz CT molecular complexity index is 1310. The number of hydrogen-bond acceptors (Lipinski definition) is 7. The van der Waals surface area contributed by atoms with Crippen LogP contribution in [0.5, 0.6) is 5.75 Å². The molecule has 10 nitrogen and oxygen atoms in total. The van der Waals surface area contributed by atoms with Crippen molar-refractivity contribution in [1.29, 1.82) is 0 Å². The van der Waals surface area contributed by atoms with Crippen molar-refractivity contribution in [3.63, 3.8) is 0 Å². The first kappa shape index (κ1) is 32.7. The molecule has 3 amide bonds. The van der Waals surface area contributed by atoms with Gasteiger partial charge in [0.25, 0.3) is 0 Å². The van der Waals surface area contributed by atoms with E-state index in [1.807, 2.05) is 63.2 Å². The summed E-state index contributed by atoms with van der Waals surface area (Å²) in [6.45, 7) is 5.93. The second kappa shape index (κ2) is 15.5. The standard InChI is InChI=1S/C34H43N3O7/c1-21(2)19-27-34(41)43-28(22(3)31-32(44-31)24-9-6-5-7-10-24)11-8-12-29(38)36-26(33(40)35-18-17-30(39)37-27)20-23-13-15-25(42-4)16-14-23/h5-10,12-16,21-22,26-28,31-32H,11,17-20H2,1-4H3,(H,35,40)(H,36,38)(H,37,39)/b12-8+/t22?,26-,27+,28+,31-,32+/m1/s1. The summed E-state index contributed by atoms with van der Waals surface area (Å²) in [7, 11) is 1.57. The number of carbonyl (C=O) groups is 4. The molecule has 0 radical (unpaired) electrons. The highest BCUT2D eigenvalue weighted by Gasteiger charge is 2.47. The predicted molar refractivity (Wildman–Crippen MR) is 164 cm³/mol. The smallest absolute Gasteiger partial charge is 0.328 e. The number of methoxy groups -OCH3 is 1. The van der Waals surface area contributed by atoms with Crippen molar-refractivity contribution >= 4 is 23.7 Å². The van der Waals surface area contributed by atoms with Crippen molar-refractivity contribution in [2.24, 2.45) is 11.8 Å². The zero-order chi connectivity index (χ0) is 31.6. The topological polar surface area (TPSA) is 135 Å². The van der Waals surface area contributed by atoms with Crippen LogP contribution in [0.2, 0.25) is 0 Å². The molecular formula is C34H43N3O7. The van der Waals surface area contributed by atoms with Crippen LogP contribution in [0.4, 0.5) is 0 Å². The fourth-order valence-electron chi connectivity index (χ4n) is 5.36. The van der Waals surface area contributed by atoms with Crippen LogP contribution >= 0.6 is 0 Å². The molecule has 0 spiro atoms. The fourth-order valence-corrected chi connectivity index (χ4v) is 5.36. The molecule has 10 heteroatoms. The van der Waals surface area contributed by atoms with E-state index in [2.05, 4.69) is 16.0 Å². The third kappa shape index (κ3) is 9.41. The number of benzene rings is 2. The summed E-state index contributed by atoms with van der Waals surface area (Å²) >= 11 is 0. The SMILES string of the molecule is COc1ccc(C[C@H]2NC(=O)/C=C/C[C@@H](C(C)[C@H]3O[C@H]3c3ccccc3)OC(=O)[C@H](CC(C)C)NC(=O)CCNC2=O)cc1. The summed E-state index contributed by atoms with van der Waals surface area (Å²) in [5, 5.41) is 8.33. The first-order valence-electron chi connectivity index (χ1n) is 15.2. The van der Waals surface area contributed by atoms with Gasteiger partial charge in [0.2, 0.25) is 17.7 Å². The number of cyclic esters (lactones) is 1. The number of nitrogens with one attached hydrogen (secondary N) is 3. The molecule has 236 valence electrons. The van der Waals surface area contributed by atoms with Gasteiger partial charge in [-0.25, -0.2) is 4.79 Å². The quantitative estimate of drug-likeness (QED) is 0.310.